The van der Waals surface area contributed by atoms with Gasteiger partial charge in [-0.05, 0) is 35.9 Å². The molecule has 0 spiro atoms. The summed E-state index contributed by atoms with van der Waals surface area (Å²) in [7, 11) is -3.88. The zero-order valence-corrected chi connectivity index (χ0v) is 13.5. The first-order valence-electron chi connectivity index (χ1n) is 5.64. The van der Waals surface area contributed by atoms with Crippen LogP contribution in [-0.4, -0.2) is 14.6 Å². The minimum atomic E-state index is -3.88. The first-order chi connectivity index (χ1) is 9.88. The molecule has 2 aromatic rings. The van der Waals surface area contributed by atoms with Gasteiger partial charge in [0.1, 0.15) is 4.90 Å². The standard InChI is InChI=1S/C13H9Cl3N2O2S/c14-10-3-1-9(2-4-10)8-17-18-21(19,20)13-7-11(15)5-6-12(13)16/h1-8,18H/b17-8+. The van der Waals surface area contributed by atoms with E-state index >= 15 is 0 Å². The van der Waals surface area contributed by atoms with Crippen molar-refractivity contribution in [3.63, 3.8) is 0 Å². The summed E-state index contributed by atoms with van der Waals surface area (Å²) in [6, 6.07) is 10.9. The highest BCUT2D eigenvalue weighted by Gasteiger charge is 2.17. The van der Waals surface area contributed by atoms with Crippen LogP contribution in [0, 0.1) is 0 Å². The van der Waals surface area contributed by atoms with Crippen molar-refractivity contribution in [3.8, 4) is 0 Å². The van der Waals surface area contributed by atoms with Gasteiger partial charge >= 0.3 is 0 Å². The Balaban J connectivity index is 2.18. The molecule has 0 radical (unpaired) electrons. The summed E-state index contributed by atoms with van der Waals surface area (Å²) in [5.74, 6) is 0. The van der Waals surface area contributed by atoms with Crippen molar-refractivity contribution < 1.29 is 8.42 Å². The summed E-state index contributed by atoms with van der Waals surface area (Å²) < 4.78 is 24.1. The number of halogens is 3. The minimum absolute atomic E-state index is 0.0635. The first kappa shape index (κ1) is 16.1. The number of sulfonamides is 1. The average molecular weight is 364 g/mol. The summed E-state index contributed by atoms with van der Waals surface area (Å²) in [6.07, 6.45) is 1.35. The van der Waals surface area contributed by atoms with Gasteiger partial charge in [0.2, 0.25) is 0 Å². The number of hydrazone groups is 1. The lowest BCUT2D eigenvalue weighted by Gasteiger charge is -2.05. The molecule has 0 saturated heterocycles. The quantitative estimate of drug-likeness (QED) is 0.660. The summed E-state index contributed by atoms with van der Waals surface area (Å²) in [6.45, 7) is 0. The average Bonchev–Trinajstić information content (AvgIpc) is 2.43. The molecule has 8 heteroatoms. The zero-order chi connectivity index (χ0) is 15.5. The van der Waals surface area contributed by atoms with Gasteiger partial charge in [-0.1, -0.05) is 46.9 Å². The van der Waals surface area contributed by atoms with Crippen molar-refractivity contribution in [1.29, 1.82) is 0 Å². The molecule has 4 nitrogen and oxygen atoms in total. The molecule has 110 valence electrons. The summed E-state index contributed by atoms with van der Waals surface area (Å²) in [4.78, 5) is 1.94. The lowest BCUT2D eigenvalue weighted by molar-refractivity contribution is 0.585. The molecule has 0 bridgehead atoms. The van der Waals surface area contributed by atoms with Crippen LogP contribution < -0.4 is 4.83 Å². The fraction of sp³-hybridized carbons (Fsp3) is 0. The fourth-order valence-electron chi connectivity index (χ4n) is 1.45. The SMILES string of the molecule is O=S(=O)(N/N=C/c1ccc(Cl)cc1)c1cc(Cl)ccc1Cl. The Morgan fingerprint density at radius 3 is 2.24 bits per heavy atom. The number of nitrogens with one attached hydrogen (secondary N) is 1. The molecule has 0 aromatic heterocycles. The molecule has 0 unspecified atom stereocenters. The van der Waals surface area contributed by atoms with E-state index in [0.29, 0.717) is 10.6 Å². The zero-order valence-electron chi connectivity index (χ0n) is 10.4. The van der Waals surface area contributed by atoms with Crippen molar-refractivity contribution in [2.75, 3.05) is 0 Å². The summed E-state index contributed by atoms with van der Waals surface area (Å²) in [5.41, 5.74) is 0.694. The largest absolute Gasteiger partial charge is 0.278 e. The molecule has 2 rings (SSSR count). The van der Waals surface area contributed by atoms with Crippen molar-refractivity contribution in [1.82, 2.24) is 4.83 Å². The van der Waals surface area contributed by atoms with Crippen LogP contribution in [0.3, 0.4) is 0 Å². The number of nitrogens with zero attached hydrogens (tertiary/aromatic N) is 1. The maximum atomic E-state index is 12.1. The molecule has 0 aliphatic carbocycles. The molecule has 0 saturated carbocycles. The Bertz CT molecular complexity index is 775. The third kappa shape index (κ3) is 4.35. The molecule has 0 aliphatic rings. The number of benzene rings is 2. The Morgan fingerprint density at radius 2 is 1.57 bits per heavy atom. The molecule has 21 heavy (non-hydrogen) atoms. The van der Waals surface area contributed by atoms with Crippen molar-refractivity contribution >= 4 is 51.0 Å². The molecule has 0 heterocycles. The monoisotopic (exact) mass is 362 g/mol. The van der Waals surface area contributed by atoms with Gasteiger partial charge in [0.05, 0.1) is 11.2 Å². The van der Waals surface area contributed by atoms with Gasteiger partial charge in [0.25, 0.3) is 10.0 Å². The van der Waals surface area contributed by atoms with Gasteiger partial charge in [-0.25, -0.2) is 4.83 Å². The van der Waals surface area contributed by atoms with Crippen LogP contribution in [0.4, 0.5) is 0 Å². The van der Waals surface area contributed by atoms with Crippen LogP contribution in [0.2, 0.25) is 15.1 Å². The second-order valence-corrected chi connectivity index (χ2v) is 6.89. The van der Waals surface area contributed by atoms with Crippen LogP contribution in [0.25, 0.3) is 0 Å². The highest BCUT2D eigenvalue weighted by Crippen LogP contribution is 2.24. The van der Waals surface area contributed by atoms with E-state index in [2.05, 4.69) is 9.93 Å². The Labute approximate surface area is 137 Å². The Kier molecular flexibility index (Phi) is 5.11. The topological polar surface area (TPSA) is 58.5 Å². The first-order valence-corrected chi connectivity index (χ1v) is 8.26. The van der Waals surface area contributed by atoms with Crippen LogP contribution in [0.1, 0.15) is 5.56 Å². The third-order valence-corrected chi connectivity index (χ3v) is 4.63. The second-order valence-electron chi connectivity index (χ2n) is 3.98. The maximum absolute atomic E-state index is 12.1. The normalized spacial score (nSPS) is 11.8. The molecular weight excluding hydrogens is 355 g/mol. The second kappa shape index (κ2) is 6.66. The third-order valence-electron chi connectivity index (χ3n) is 2.44. The lowest BCUT2D eigenvalue weighted by atomic mass is 10.2. The highest BCUT2D eigenvalue weighted by atomic mass is 35.5. The van der Waals surface area contributed by atoms with Crippen LogP contribution in [0.5, 0.6) is 0 Å². The predicted molar refractivity (Wildman–Crippen MR) is 85.8 cm³/mol. The smallest absolute Gasteiger partial charge is 0.200 e. The van der Waals surface area contributed by atoms with Gasteiger partial charge in [-0.15, -0.1) is 0 Å². The number of hydrogen-bond acceptors (Lipinski definition) is 3. The van der Waals surface area contributed by atoms with Crippen molar-refractivity contribution in [2.24, 2.45) is 5.10 Å². The maximum Gasteiger partial charge on any atom is 0.278 e. The van der Waals surface area contributed by atoms with Crippen LogP contribution in [0.15, 0.2) is 52.5 Å². The molecule has 0 fully saturated rings. The summed E-state index contributed by atoms with van der Waals surface area (Å²) >= 11 is 17.4. The lowest BCUT2D eigenvalue weighted by Crippen LogP contribution is -2.18. The van der Waals surface area contributed by atoms with E-state index in [4.69, 9.17) is 34.8 Å². The van der Waals surface area contributed by atoms with Gasteiger partial charge in [0, 0.05) is 10.0 Å². The van der Waals surface area contributed by atoms with Gasteiger partial charge < -0.3 is 0 Å². The molecule has 1 N–H and O–H groups in total. The molecular formula is C13H9Cl3N2O2S. The van der Waals surface area contributed by atoms with Crippen molar-refractivity contribution in [3.05, 3.63) is 63.1 Å². The van der Waals surface area contributed by atoms with E-state index in [1.54, 1.807) is 24.3 Å². The van der Waals surface area contributed by atoms with Crippen LogP contribution in [-0.2, 0) is 10.0 Å². The number of hydrogen-bond donors (Lipinski definition) is 1. The minimum Gasteiger partial charge on any atom is -0.200 e. The van der Waals surface area contributed by atoms with Crippen LogP contribution >= 0.6 is 34.8 Å². The summed E-state index contributed by atoms with van der Waals surface area (Å²) in [5, 5.41) is 4.59. The van der Waals surface area contributed by atoms with Gasteiger partial charge in [0.15, 0.2) is 0 Å². The molecule has 0 aliphatic heterocycles. The van der Waals surface area contributed by atoms with Crippen molar-refractivity contribution in [2.45, 2.75) is 4.90 Å². The van der Waals surface area contributed by atoms with E-state index in [-0.39, 0.29) is 14.9 Å². The van der Waals surface area contributed by atoms with E-state index in [0.717, 1.165) is 0 Å². The van der Waals surface area contributed by atoms with Gasteiger partial charge in [-0.2, -0.15) is 13.5 Å². The molecule has 2 aromatic carbocycles. The predicted octanol–water partition coefficient (Wildman–Crippen LogP) is 3.96. The molecule has 0 amide bonds. The fourth-order valence-corrected chi connectivity index (χ4v) is 3.13. The highest BCUT2D eigenvalue weighted by molar-refractivity contribution is 7.89. The molecule has 0 atom stereocenters. The van der Waals surface area contributed by atoms with E-state index < -0.39 is 10.0 Å². The Hall–Kier alpha value is -1.27. The Morgan fingerprint density at radius 1 is 0.952 bits per heavy atom. The van der Waals surface area contributed by atoms with E-state index in [1.165, 1.54) is 24.4 Å². The van der Waals surface area contributed by atoms with E-state index in [9.17, 15) is 8.42 Å². The number of rotatable bonds is 4. The van der Waals surface area contributed by atoms with Gasteiger partial charge in [-0.3, -0.25) is 0 Å². The van der Waals surface area contributed by atoms with E-state index in [1.807, 2.05) is 0 Å².